The Hall–Kier alpha value is -0.940. The first-order valence-corrected chi connectivity index (χ1v) is 7.00. The molecule has 0 bridgehead atoms. The van der Waals surface area contributed by atoms with Crippen molar-refractivity contribution in [2.75, 3.05) is 0 Å². The van der Waals surface area contributed by atoms with E-state index in [9.17, 15) is 4.79 Å². The van der Waals surface area contributed by atoms with Gasteiger partial charge in [-0.05, 0) is 12.8 Å². The zero-order valence-electron chi connectivity index (χ0n) is 9.82. The number of carboxylic acids is 1. The van der Waals surface area contributed by atoms with Gasteiger partial charge in [0.2, 0.25) is 0 Å². The quantitative estimate of drug-likeness (QED) is 0.817. The van der Waals surface area contributed by atoms with Crippen molar-refractivity contribution < 1.29 is 9.90 Å². The molecule has 0 spiro atoms. The van der Waals surface area contributed by atoms with E-state index < -0.39 is 5.97 Å². The largest absolute Gasteiger partial charge is 0.481 e. The molecule has 2 N–H and O–H groups in total. The topological polar surface area (TPSA) is 62.2 Å². The van der Waals surface area contributed by atoms with E-state index in [1.165, 1.54) is 25.7 Å². The highest BCUT2D eigenvalue weighted by atomic mass is 32.1. The van der Waals surface area contributed by atoms with E-state index in [-0.39, 0.29) is 6.42 Å². The van der Waals surface area contributed by atoms with Crippen LogP contribution in [-0.2, 0) is 17.8 Å². The average molecular weight is 254 g/mol. The van der Waals surface area contributed by atoms with E-state index >= 15 is 0 Å². The predicted octanol–water partition coefficient (Wildman–Crippen LogP) is 2.19. The molecule has 4 nitrogen and oxygen atoms in total. The fraction of sp³-hybridized carbons (Fsp3) is 0.667. The highest BCUT2D eigenvalue weighted by Crippen LogP contribution is 2.19. The molecule has 0 atom stereocenters. The molecule has 1 aromatic heterocycles. The second-order valence-electron chi connectivity index (χ2n) is 4.49. The van der Waals surface area contributed by atoms with E-state index in [1.54, 1.807) is 11.3 Å². The molecule has 5 heteroatoms. The van der Waals surface area contributed by atoms with Crippen molar-refractivity contribution in [3.8, 4) is 0 Å². The molecule has 1 aromatic rings. The first-order valence-electron chi connectivity index (χ1n) is 6.12. The van der Waals surface area contributed by atoms with Crippen molar-refractivity contribution in [3.63, 3.8) is 0 Å². The SMILES string of the molecule is O=C(O)CCc1csc(CNC2CCCC2)n1. The lowest BCUT2D eigenvalue weighted by molar-refractivity contribution is -0.136. The molecule has 2 rings (SSSR count). The molecule has 1 fully saturated rings. The Morgan fingerprint density at radius 3 is 3.00 bits per heavy atom. The van der Waals surface area contributed by atoms with Gasteiger partial charge in [-0.25, -0.2) is 4.98 Å². The number of aryl methyl sites for hydroxylation is 1. The van der Waals surface area contributed by atoms with Crippen LogP contribution in [0, 0.1) is 0 Å². The zero-order chi connectivity index (χ0) is 12.1. The number of aliphatic carboxylic acids is 1. The van der Waals surface area contributed by atoms with Gasteiger partial charge in [0.25, 0.3) is 0 Å². The number of rotatable bonds is 6. The third kappa shape index (κ3) is 4.09. The normalized spacial score (nSPS) is 16.5. The van der Waals surface area contributed by atoms with Crippen LogP contribution in [0.2, 0.25) is 0 Å². The molecule has 17 heavy (non-hydrogen) atoms. The van der Waals surface area contributed by atoms with Crippen molar-refractivity contribution in [2.45, 2.75) is 51.1 Å². The van der Waals surface area contributed by atoms with Gasteiger partial charge in [-0.2, -0.15) is 0 Å². The molecule has 0 saturated heterocycles. The summed E-state index contributed by atoms with van der Waals surface area (Å²) in [5.41, 5.74) is 0.903. The second-order valence-corrected chi connectivity index (χ2v) is 5.43. The molecule has 1 aliphatic rings. The van der Waals surface area contributed by atoms with Gasteiger partial charge in [0.05, 0.1) is 12.1 Å². The number of thiazole rings is 1. The van der Waals surface area contributed by atoms with Gasteiger partial charge >= 0.3 is 5.97 Å². The van der Waals surface area contributed by atoms with E-state index in [0.29, 0.717) is 12.5 Å². The Morgan fingerprint density at radius 2 is 2.29 bits per heavy atom. The summed E-state index contributed by atoms with van der Waals surface area (Å²) in [4.78, 5) is 14.9. The minimum Gasteiger partial charge on any atom is -0.481 e. The van der Waals surface area contributed by atoms with Crippen LogP contribution < -0.4 is 5.32 Å². The number of aromatic nitrogens is 1. The van der Waals surface area contributed by atoms with E-state index in [2.05, 4.69) is 10.3 Å². The lowest BCUT2D eigenvalue weighted by atomic mass is 10.2. The van der Waals surface area contributed by atoms with Gasteiger partial charge < -0.3 is 10.4 Å². The molecule has 0 aliphatic heterocycles. The number of hydrogen-bond acceptors (Lipinski definition) is 4. The van der Waals surface area contributed by atoms with E-state index in [4.69, 9.17) is 5.11 Å². The van der Waals surface area contributed by atoms with Crippen LogP contribution in [0.15, 0.2) is 5.38 Å². The van der Waals surface area contributed by atoms with Crippen molar-refractivity contribution in [1.82, 2.24) is 10.3 Å². The molecule has 0 unspecified atom stereocenters. The summed E-state index contributed by atoms with van der Waals surface area (Å²) in [7, 11) is 0. The van der Waals surface area contributed by atoms with Crippen LogP contribution in [0.3, 0.4) is 0 Å². The maximum Gasteiger partial charge on any atom is 0.303 e. The monoisotopic (exact) mass is 254 g/mol. The molecule has 1 aliphatic carbocycles. The second kappa shape index (κ2) is 6.12. The fourth-order valence-electron chi connectivity index (χ4n) is 2.14. The molecular weight excluding hydrogens is 236 g/mol. The number of carbonyl (C=O) groups is 1. The number of carboxylic acid groups (broad SMARTS) is 1. The number of nitrogens with zero attached hydrogens (tertiary/aromatic N) is 1. The molecule has 0 amide bonds. The third-order valence-electron chi connectivity index (χ3n) is 3.09. The average Bonchev–Trinajstić information content (AvgIpc) is 2.95. The summed E-state index contributed by atoms with van der Waals surface area (Å²) < 4.78 is 0. The summed E-state index contributed by atoms with van der Waals surface area (Å²) in [6.45, 7) is 0.822. The summed E-state index contributed by atoms with van der Waals surface area (Å²) in [6.07, 6.45) is 5.92. The molecule has 94 valence electrons. The van der Waals surface area contributed by atoms with E-state index in [0.717, 1.165) is 17.2 Å². The molecule has 1 heterocycles. The fourth-order valence-corrected chi connectivity index (χ4v) is 2.92. The highest BCUT2D eigenvalue weighted by molar-refractivity contribution is 7.09. The van der Waals surface area contributed by atoms with Crippen molar-refractivity contribution >= 4 is 17.3 Å². The lowest BCUT2D eigenvalue weighted by Crippen LogP contribution is -2.25. The minimum absolute atomic E-state index is 0.166. The maximum atomic E-state index is 10.4. The molecule has 0 aromatic carbocycles. The molecule has 0 radical (unpaired) electrons. The Bertz CT molecular complexity index is 372. The number of hydrogen-bond donors (Lipinski definition) is 2. The Labute approximate surface area is 105 Å². The molecular formula is C12H18N2O2S. The van der Waals surface area contributed by atoms with Gasteiger partial charge in [0.15, 0.2) is 0 Å². The van der Waals surface area contributed by atoms with Crippen molar-refractivity contribution in [1.29, 1.82) is 0 Å². The van der Waals surface area contributed by atoms with Gasteiger partial charge in [-0.1, -0.05) is 12.8 Å². The Balaban J connectivity index is 1.75. The van der Waals surface area contributed by atoms with Gasteiger partial charge in [-0.3, -0.25) is 4.79 Å². The standard InChI is InChI=1S/C12H18N2O2S/c15-12(16)6-5-10-8-17-11(14-10)7-13-9-3-1-2-4-9/h8-9,13H,1-7H2,(H,15,16). The van der Waals surface area contributed by atoms with Gasteiger partial charge in [0, 0.05) is 24.4 Å². The summed E-state index contributed by atoms with van der Waals surface area (Å²) in [5, 5.41) is 15.1. The minimum atomic E-state index is -0.761. The number of nitrogens with one attached hydrogen (secondary N) is 1. The van der Waals surface area contributed by atoms with Crippen LogP contribution in [0.5, 0.6) is 0 Å². The van der Waals surface area contributed by atoms with Crippen LogP contribution >= 0.6 is 11.3 Å². The van der Waals surface area contributed by atoms with Gasteiger partial charge in [0.1, 0.15) is 5.01 Å². The first kappa shape index (κ1) is 12.5. The van der Waals surface area contributed by atoms with Crippen molar-refractivity contribution in [2.24, 2.45) is 0 Å². The smallest absolute Gasteiger partial charge is 0.303 e. The summed E-state index contributed by atoms with van der Waals surface area (Å²) in [6, 6.07) is 0.654. The third-order valence-corrected chi connectivity index (χ3v) is 3.99. The lowest BCUT2D eigenvalue weighted by Gasteiger charge is -2.09. The zero-order valence-corrected chi connectivity index (χ0v) is 10.6. The highest BCUT2D eigenvalue weighted by Gasteiger charge is 2.14. The first-order chi connectivity index (χ1) is 8.24. The van der Waals surface area contributed by atoms with Crippen LogP contribution in [-0.4, -0.2) is 22.1 Å². The van der Waals surface area contributed by atoms with Gasteiger partial charge in [-0.15, -0.1) is 11.3 Å². The van der Waals surface area contributed by atoms with Crippen LogP contribution in [0.4, 0.5) is 0 Å². The molecule has 1 saturated carbocycles. The summed E-state index contributed by atoms with van der Waals surface area (Å²) in [5.74, 6) is -0.761. The van der Waals surface area contributed by atoms with Crippen molar-refractivity contribution in [3.05, 3.63) is 16.1 Å². The van der Waals surface area contributed by atoms with Crippen LogP contribution in [0.25, 0.3) is 0 Å². The Morgan fingerprint density at radius 1 is 1.53 bits per heavy atom. The summed E-state index contributed by atoms with van der Waals surface area (Å²) >= 11 is 1.62. The Kier molecular flexibility index (Phi) is 4.50. The van der Waals surface area contributed by atoms with Crippen LogP contribution in [0.1, 0.15) is 42.8 Å². The predicted molar refractivity (Wildman–Crippen MR) is 67.2 cm³/mol. The van der Waals surface area contributed by atoms with E-state index in [1.807, 2.05) is 5.38 Å². The maximum absolute atomic E-state index is 10.4.